The molecular formula is C16H21N3O4. The molecule has 3 amide bonds. The molecule has 2 rings (SSSR count). The maximum Gasteiger partial charge on any atom is 0.325 e. The van der Waals surface area contributed by atoms with Crippen LogP contribution in [-0.2, 0) is 9.59 Å². The average molecular weight is 319 g/mol. The van der Waals surface area contributed by atoms with E-state index in [4.69, 9.17) is 5.11 Å². The van der Waals surface area contributed by atoms with Crippen molar-refractivity contribution in [2.75, 3.05) is 25.0 Å². The van der Waals surface area contributed by atoms with Gasteiger partial charge in [0.05, 0.1) is 12.5 Å². The molecule has 1 aromatic carbocycles. The van der Waals surface area contributed by atoms with Crippen molar-refractivity contribution < 1.29 is 19.5 Å². The summed E-state index contributed by atoms with van der Waals surface area (Å²) in [6, 6.07) is 5.01. The number of carbonyl (C=O) groups is 3. The van der Waals surface area contributed by atoms with E-state index in [1.807, 2.05) is 26.0 Å². The fourth-order valence-electron chi connectivity index (χ4n) is 2.65. The molecule has 1 aliphatic rings. The van der Waals surface area contributed by atoms with Gasteiger partial charge < -0.3 is 10.4 Å². The Bertz CT molecular complexity index is 630. The third-order valence-corrected chi connectivity index (χ3v) is 3.87. The number of imide groups is 1. The number of carboxylic acid groups (broad SMARTS) is 1. The van der Waals surface area contributed by atoms with E-state index in [9.17, 15) is 14.4 Å². The van der Waals surface area contributed by atoms with Gasteiger partial charge in [-0.15, -0.1) is 0 Å². The third kappa shape index (κ3) is 4.79. The maximum absolute atomic E-state index is 11.9. The standard InChI is InChI=1S/C16H21N3O4/c1-10-3-4-13(11(2)7-10)17-16(23)18-14(20)9-19-6-5-12(8-19)15(21)22/h3-4,7,12H,5-6,8-9H2,1-2H3,(H,21,22)(H2,17,18,20,23). The summed E-state index contributed by atoms with van der Waals surface area (Å²) < 4.78 is 0. The number of likely N-dealkylation sites (tertiary alicyclic amines) is 1. The molecule has 7 nitrogen and oxygen atoms in total. The number of hydrogen-bond donors (Lipinski definition) is 3. The summed E-state index contributed by atoms with van der Waals surface area (Å²) in [5, 5.41) is 13.8. The van der Waals surface area contributed by atoms with Gasteiger partial charge in [0, 0.05) is 12.2 Å². The van der Waals surface area contributed by atoms with Crippen molar-refractivity contribution in [1.82, 2.24) is 10.2 Å². The molecule has 23 heavy (non-hydrogen) atoms. The van der Waals surface area contributed by atoms with Crippen molar-refractivity contribution in [2.45, 2.75) is 20.3 Å². The molecule has 1 aliphatic heterocycles. The Morgan fingerprint density at radius 2 is 2.04 bits per heavy atom. The van der Waals surface area contributed by atoms with E-state index in [2.05, 4.69) is 10.6 Å². The lowest BCUT2D eigenvalue weighted by Crippen LogP contribution is -2.41. The smallest absolute Gasteiger partial charge is 0.325 e. The van der Waals surface area contributed by atoms with Crippen LogP contribution >= 0.6 is 0 Å². The van der Waals surface area contributed by atoms with Crippen molar-refractivity contribution in [2.24, 2.45) is 5.92 Å². The predicted octanol–water partition coefficient (Wildman–Crippen LogP) is 1.36. The highest BCUT2D eigenvalue weighted by molar-refractivity contribution is 6.02. The third-order valence-electron chi connectivity index (χ3n) is 3.87. The largest absolute Gasteiger partial charge is 0.481 e. The van der Waals surface area contributed by atoms with Crippen LogP contribution in [0.25, 0.3) is 0 Å². The lowest BCUT2D eigenvalue weighted by atomic mass is 10.1. The van der Waals surface area contributed by atoms with Gasteiger partial charge in [0.15, 0.2) is 0 Å². The van der Waals surface area contributed by atoms with E-state index in [0.29, 0.717) is 25.2 Å². The molecule has 1 atom stereocenters. The van der Waals surface area contributed by atoms with Crippen LogP contribution in [0.15, 0.2) is 18.2 Å². The summed E-state index contributed by atoms with van der Waals surface area (Å²) in [5.41, 5.74) is 2.65. The van der Waals surface area contributed by atoms with Crippen molar-refractivity contribution in [1.29, 1.82) is 0 Å². The molecule has 1 aromatic rings. The number of benzene rings is 1. The Morgan fingerprint density at radius 1 is 1.30 bits per heavy atom. The number of rotatable bonds is 4. The van der Waals surface area contributed by atoms with Crippen LogP contribution in [0.4, 0.5) is 10.5 Å². The molecule has 0 spiro atoms. The first kappa shape index (κ1) is 17.0. The summed E-state index contributed by atoms with van der Waals surface area (Å²) in [7, 11) is 0. The van der Waals surface area contributed by atoms with E-state index in [0.717, 1.165) is 11.1 Å². The van der Waals surface area contributed by atoms with E-state index in [1.165, 1.54) is 0 Å². The monoisotopic (exact) mass is 319 g/mol. The topological polar surface area (TPSA) is 98.7 Å². The number of amides is 3. The number of urea groups is 1. The average Bonchev–Trinajstić information content (AvgIpc) is 2.90. The number of hydrogen-bond acceptors (Lipinski definition) is 4. The van der Waals surface area contributed by atoms with Gasteiger partial charge in [-0.25, -0.2) is 4.79 Å². The lowest BCUT2D eigenvalue weighted by molar-refractivity contribution is -0.141. The van der Waals surface area contributed by atoms with Crippen LogP contribution in [0.1, 0.15) is 17.5 Å². The van der Waals surface area contributed by atoms with Gasteiger partial charge in [0.2, 0.25) is 5.91 Å². The molecule has 7 heteroatoms. The second-order valence-corrected chi connectivity index (χ2v) is 5.88. The van der Waals surface area contributed by atoms with E-state index in [1.54, 1.807) is 11.0 Å². The quantitative estimate of drug-likeness (QED) is 0.778. The van der Waals surface area contributed by atoms with Crippen LogP contribution < -0.4 is 10.6 Å². The van der Waals surface area contributed by atoms with E-state index < -0.39 is 23.8 Å². The summed E-state index contributed by atoms with van der Waals surface area (Å²) >= 11 is 0. The minimum Gasteiger partial charge on any atom is -0.481 e. The molecular weight excluding hydrogens is 298 g/mol. The maximum atomic E-state index is 11.9. The first-order valence-corrected chi connectivity index (χ1v) is 7.48. The van der Waals surface area contributed by atoms with Crippen LogP contribution in [0, 0.1) is 19.8 Å². The number of aryl methyl sites for hydroxylation is 2. The van der Waals surface area contributed by atoms with Gasteiger partial charge in [-0.1, -0.05) is 17.7 Å². The van der Waals surface area contributed by atoms with Crippen LogP contribution in [0.3, 0.4) is 0 Å². The molecule has 1 fully saturated rings. The first-order chi connectivity index (χ1) is 10.8. The Labute approximate surface area is 134 Å². The molecule has 1 heterocycles. The molecule has 1 unspecified atom stereocenters. The summed E-state index contributed by atoms with van der Waals surface area (Å²) in [6.45, 7) is 4.73. The Balaban J connectivity index is 1.81. The van der Waals surface area contributed by atoms with Crippen molar-refractivity contribution in [3.63, 3.8) is 0 Å². The molecule has 1 saturated heterocycles. The van der Waals surface area contributed by atoms with Gasteiger partial charge in [-0.3, -0.25) is 19.8 Å². The second kappa shape index (κ2) is 7.23. The highest BCUT2D eigenvalue weighted by Crippen LogP contribution is 2.16. The highest BCUT2D eigenvalue weighted by Gasteiger charge is 2.29. The van der Waals surface area contributed by atoms with Crippen LogP contribution in [-0.4, -0.2) is 47.5 Å². The number of nitrogens with zero attached hydrogens (tertiary/aromatic N) is 1. The molecule has 0 aromatic heterocycles. The Morgan fingerprint density at radius 3 is 2.65 bits per heavy atom. The Kier molecular flexibility index (Phi) is 5.33. The molecule has 0 saturated carbocycles. The van der Waals surface area contributed by atoms with Gasteiger partial charge in [-0.05, 0) is 38.4 Å². The SMILES string of the molecule is Cc1ccc(NC(=O)NC(=O)CN2CCC(C(=O)O)C2)c(C)c1. The van der Waals surface area contributed by atoms with Gasteiger partial charge >= 0.3 is 12.0 Å². The zero-order valence-corrected chi connectivity index (χ0v) is 13.3. The zero-order chi connectivity index (χ0) is 17.0. The zero-order valence-electron chi connectivity index (χ0n) is 13.3. The van der Waals surface area contributed by atoms with Crippen molar-refractivity contribution in [3.05, 3.63) is 29.3 Å². The number of carbonyl (C=O) groups excluding carboxylic acids is 2. The number of aliphatic carboxylic acids is 1. The van der Waals surface area contributed by atoms with Crippen molar-refractivity contribution in [3.8, 4) is 0 Å². The number of nitrogens with one attached hydrogen (secondary N) is 2. The van der Waals surface area contributed by atoms with Gasteiger partial charge in [-0.2, -0.15) is 0 Å². The normalized spacial score (nSPS) is 17.7. The fourth-order valence-corrected chi connectivity index (χ4v) is 2.65. The Hall–Kier alpha value is -2.41. The lowest BCUT2D eigenvalue weighted by Gasteiger charge is -2.15. The summed E-state index contributed by atoms with van der Waals surface area (Å²) in [6.07, 6.45) is 0.525. The predicted molar refractivity (Wildman–Crippen MR) is 85.3 cm³/mol. The fraction of sp³-hybridized carbons (Fsp3) is 0.438. The molecule has 0 bridgehead atoms. The summed E-state index contributed by atoms with van der Waals surface area (Å²) in [4.78, 5) is 36.3. The number of carboxylic acids is 1. The minimum atomic E-state index is -0.847. The van der Waals surface area contributed by atoms with E-state index in [-0.39, 0.29) is 6.54 Å². The minimum absolute atomic E-state index is 0.0179. The van der Waals surface area contributed by atoms with Crippen LogP contribution in [0.2, 0.25) is 0 Å². The highest BCUT2D eigenvalue weighted by atomic mass is 16.4. The van der Waals surface area contributed by atoms with Crippen molar-refractivity contribution >= 4 is 23.6 Å². The summed E-state index contributed by atoms with van der Waals surface area (Å²) in [5.74, 6) is -1.73. The molecule has 0 aliphatic carbocycles. The number of anilines is 1. The second-order valence-electron chi connectivity index (χ2n) is 5.88. The van der Waals surface area contributed by atoms with Crippen LogP contribution in [0.5, 0.6) is 0 Å². The molecule has 124 valence electrons. The van der Waals surface area contributed by atoms with E-state index >= 15 is 0 Å². The first-order valence-electron chi connectivity index (χ1n) is 7.48. The van der Waals surface area contributed by atoms with Gasteiger partial charge in [0.1, 0.15) is 0 Å². The molecule has 0 radical (unpaired) electrons. The molecule has 3 N–H and O–H groups in total. The van der Waals surface area contributed by atoms with Gasteiger partial charge in [0.25, 0.3) is 0 Å².